The number of anilines is 2. The van der Waals surface area contributed by atoms with E-state index in [9.17, 15) is 9.59 Å². The van der Waals surface area contributed by atoms with Crippen molar-refractivity contribution in [2.75, 3.05) is 22.1 Å². The van der Waals surface area contributed by atoms with Gasteiger partial charge in [-0.25, -0.2) is 0 Å². The fourth-order valence-electron chi connectivity index (χ4n) is 2.91. The normalized spacial score (nSPS) is 10.8. The van der Waals surface area contributed by atoms with Crippen LogP contribution in [0.1, 0.15) is 25.3 Å². The summed E-state index contributed by atoms with van der Waals surface area (Å²) in [4.78, 5) is 24.3. The van der Waals surface area contributed by atoms with Crippen molar-refractivity contribution in [2.24, 2.45) is 0 Å². The lowest BCUT2D eigenvalue weighted by Gasteiger charge is -2.09. The van der Waals surface area contributed by atoms with E-state index in [-0.39, 0.29) is 23.3 Å². The van der Waals surface area contributed by atoms with Gasteiger partial charge in [-0.2, -0.15) is 0 Å². The Labute approximate surface area is 169 Å². The lowest BCUT2D eigenvalue weighted by Crippen LogP contribution is -2.18. The topological polar surface area (TPSA) is 58.2 Å². The highest BCUT2D eigenvalue weighted by Gasteiger charge is 2.08. The molecule has 0 aliphatic heterocycles. The molecule has 0 heterocycles. The van der Waals surface area contributed by atoms with Crippen molar-refractivity contribution >= 4 is 45.7 Å². The summed E-state index contributed by atoms with van der Waals surface area (Å²) in [5.74, 6) is 0.689. The van der Waals surface area contributed by atoms with E-state index in [0.29, 0.717) is 5.92 Å². The molecule has 4 nitrogen and oxygen atoms in total. The van der Waals surface area contributed by atoms with Crippen LogP contribution in [-0.2, 0) is 9.59 Å². The van der Waals surface area contributed by atoms with Crippen LogP contribution in [0.5, 0.6) is 0 Å². The van der Waals surface area contributed by atoms with Gasteiger partial charge in [-0.05, 0) is 35.1 Å². The Morgan fingerprint density at radius 3 is 2.18 bits per heavy atom. The van der Waals surface area contributed by atoms with Crippen LogP contribution >= 0.6 is 11.8 Å². The smallest absolute Gasteiger partial charge is 0.234 e. The maximum Gasteiger partial charge on any atom is 0.234 e. The van der Waals surface area contributed by atoms with Crippen LogP contribution in [0.3, 0.4) is 0 Å². The molecule has 0 aromatic heterocycles. The summed E-state index contributed by atoms with van der Waals surface area (Å²) in [7, 11) is 0. The van der Waals surface area contributed by atoms with Crippen LogP contribution < -0.4 is 10.6 Å². The molecule has 5 heteroatoms. The molecule has 2 amide bonds. The van der Waals surface area contributed by atoms with Gasteiger partial charge in [-0.1, -0.05) is 62.4 Å². The van der Waals surface area contributed by atoms with Crippen LogP contribution in [0.4, 0.5) is 11.4 Å². The molecule has 0 unspecified atom stereocenters. The summed E-state index contributed by atoms with van der Waals surface area (Å²) in [5, 5.41) is 7.88. The molecule has 0 aliphatic rings. The maximum absolute atomic E-state index is 12.2. The molecule has 144 valence electrons. The zero-order valence-electron chi connectivity index (χ0n) is 16.1. The van der Waals surface area contributed by atoms with Crippen molar-refractivity contribution in [3.63, 3.8) is 0 Å². The van der Waals surface area contributed by atoms with Gasteiger partial charge in [-0.15, -0.1) is 11.8 Å². The average molecular weight is 393 g/mol. The molecule has 28 heavy (non-hydrogen) atoms. The standard InChI is InChI=1S/C23H24N2O2S/c1-16(2)17-10-12-19(13-11-17)24-22(26)14-28-15-23(27)25-21-9-5-7-18-6-3-4-8-20(18)21/h3-13,16H,14-15H2,1-2H3,(H,24,26)(H,25,27). The third-order valence-corrected chi connectivity index (χ3v) is 5.32. The van der Waals surface area contributed by atoms with E-state index in [1.807, 2.05) is 66.7 Å². The second kappa shape index (κ2) is 9.42. The van der Waals surface area contributed by atoms with Gasteiger partial charge in [0.25, 0.3) is 0 Å². The zero-order chi connectivity index (χ0) is 19.9. The molecule has 0 aliphatic carbocycles. The molecule has 3 rings (SSSR count). The fraction of sp³-hybridized carbons (Fsp3) is 0.217. The van der Waals surface area contributed by atoms with E-state index >= 15 is 0 Å². The highest BCUT2D eigenvalue weighted by Crippen LogP contribution is 2.23. The number of nitrogens with one attached hydrogen (secondary N) is 2. The summed E-state index contributed by atoms with van der Waals surface area (Å²) < 4.78 is 0. The Morgan fingerprint density at radius 2 is 1.46 bits per heavy atom. The molecule has 0 saturated heterocycles. The van der Waals surface area contributed by atoms with E-state index in [0.717, 1.165) is 22.1 Å². The lowest BCUT2D eigenvalue weighted by molar-refractivity contribution is -0.114. The first-order valence-corrected chi connectivity index (χ1v) is 10.4. The van der Waals surface area contributed by atoms with E-state index in [4.69, 9.17) is 0 Å². The van der Waals surface area contributed by atoms with Crippen molar-refractivity contribution in [1.82, 2.24) is 0 Å². The van der Waals surface area contributed by atoms with Gasteiger partial charge in [0.15, 0.2) is 0 Å². The van der Waals surface area contributed by atoms with Gasteiger partial charge in [-0.3, -0.25) is 9.59 Å². The van der Waals surface area contributed by atoms with Crippen LogP contribution in [-0.4, -0.2) is 23.3 Å². The molecule has 0 bridgehead atoms. The summed E-state index contributed by atoms with van der Waals surface area (Å²) >= 11 is 1.30. The van der Waals surface area contributed by atoms with Gasteiger partial charge in [0.2, 0.25) is 11.8 Å². The Balaban J connectivity index is 1.46. The number of amides is 2. The van der Waals surface area contributed by atoms with E-state index < -0.39 is 0 Å². The number of hydrogen-bond acceptors (Lipinski definition) is 3. The minimum atomic E-state index is -0.115. The van der Waals surface area contributed by atoms with Crippen molar-refractivity contribution in [3.8, 4) is 0 Å². The molecule has 2 N–H and O–H groups in total. The summed E-state index contributed by atoms with van der Waals surface area (Å²) in [6.07, 6.45) is 0. The molecular formula is C23H24N2O2S. The lowest BCUT2D eigenvalue weighted by atomic mass is 10.0. The van der Waals surface area contributed by atoms with E-state index in [1.165, 1.54) is 17.3 Å². The molecule has 3 aromatic rings. The van der Waals surface area contributed by atoms with Crippen LogP contribution in [0.25, 0.3) is 10.8 Å². The monoisotopic (exact) mass is 392 g/mol. The Hall–Kier alpha value is -2.79. The minimum Gasteiger partial charge on any atom is -0.325 e. The molecule has 0 spiro atoms. The van der Waals surface area contributed by atoms with Gasteiger partial charge in [0, 0.05) is 16.8 Å². The molecule has 0 fully saturated rings. The zero-order valence-corrected chi connectivity index (χ0v) is 16.9. The first kappa shape index (κ1) is 20.0. The number of rotatable bonds is 7. The molecular weight excluding hydrogens is 368 g/mol. The molecule has 3 aromatic carbocycles. The molecule has 0 radical (unpaired) electrons. The summed E-state index contributed by atoms with van der Waals surface area (Å²) in [6, 6.07) is 21.6. The first-order chi connectivity index (χ1) is 13.5. The van der Waals surface area contributed by atoms with Crippen molar-refractivity contribution in [1.29, 1.82) is 0 Å². The third kappa shape index (κ3) is 5.36. The quantitative estimate of drug-likeness (QED) is 0.576. The van der Waals surface area contributed by atoms with Gasteiger partial charge in [0.05, 0.1) is 11.5 Å². The SMILES string of the molecule is CC(C)c1ccc(NC(=O)CSCC(=O)Nc2cccc3ccccc23)cc1. The number of hydrogen-bond donors (Lipinski definition) is 2. The highest BCUT2D eigenvalue weighted by molar-refractivity contribution is 8.00. The Bertz CT molecular complexity index is 963. The third-order valence-electron chi connectivity index (χ3n) is 4.39. The largest absolute Gasteiger partial charge is 0.325 e. The number of carbonyl (C=O) groups excluding carboxylic acids is 2. The van der Waals surface area contributed by atoms with Crippen LogP contribution in [0, 0.1) is 0 Å². The predicted octanol–water partition coefficient (Wildman–Crippen LogP) is 5.27. The number of benzene rings is 3. The Morgan fingerprint density at radius 1 is 0.821 bits per heavy atom. The van der Waals surface area contributed by atoms with Crippen LogP contribution in [0.15, 0.2) is 66.7 Å². The Kier molecular flexibility index (Phi) is 6.71. The fourth-order valence-corrected chi connectivity index (χ4v) is 3.52. The number of thioether (sulfide) groups is 1. The molecule has 0 saturated carbocycles. The van der Waals surface area contributed by atoms with Crippen molar-refractivity contribution in [2.45, 2.75) is 19.8 Å². The van der Waals surface area contributed by atoms with E-state index in [2.05, 4.69) is 24.5 Å². The minimum absolute atomic E-state index is 0.111. The molecule has 0 atom stereocenters. The maximum atomic E-state index is 12.2. The van der Waals surface area contributed by atoms with Crippen LogP contribution in [0.2, 0.25) is 0 Å². The predicted molar refractivity (Wildman–Crippen MR) is 119 cm³/mol. The number of fused-ring (bicyclic) bond motifs is 1. The van der Waals surface area contributed by atoms with Crippen molar-refractivity contribution in [3.05, 3.63) is 72.3 Å². The highest BCUT2D eigenvalue weighted by atomic mass is 32.2. The summed E-state index contributed by atoms with van der Waals surface area (Å²) in [6.45, 7) is 4.26. The summed E-state index contributed by atoms with van der Waals surface area (Å²) in [5.41, 5.74) is 2.80. The average Bonchev–Trinajstić information content (AvgIpc) is 2.68. The second-order valence-corrected chi connectivity index (χ2v) is 7.88. The van der Waals surface area contributed by atoms with Gasteiger partial charge in [0.1, 0.15) is 0 Å². The number of carbonyl (C=O) groups is 2. The van der Waals surface area contributed by atoms with E-state index in [1.54, 1.807) is 0 Å². The van der Waals surface area contributed by atoms with Gasteiger partial charge >= 0.3 is 0 Å². The van der Waals surface area contributed by atoms with Crippen molar-refractivity contribution < 1.29 is 9.59 Å². The first-order valence-electron chi connectivity index (χ1n) is 9.28. The van der Waals surface area contributed by atoms with Gasteiger partial charge < -0.3 is 10.6 Å². The second-order valence-electron chi connectivity index (χ2n) is 6.89.